The van der Waals surface area contributed by atoms with Crippen LogP contribution in [-0.4, -0.2) is 43.3 Å². The summed E-state index contributed by atoms with van der Waals surface area (Å²) in [5.41, 5.74) is 5.79. The van der Waals surface area contributed by atoms with Crippen LogP contribution in [-0.2, 0) is 4.74 Å². The van der Waals surface area contributed by atoms with Crippen molar-refractivity contribution in [3.63, 3.8) is 0 Å². The zero-order chi connectivity index (χ0) is 10.7. The van der Waals surface area contributed by atoms with E-state index >= 15 is 0 Å². The average Bonchev–Trinajstić information content (AvgIpc) is 2.30. The van der Waals surface area contributed by atoms with Gasteiger partial charge in [0.15, 0.2) is 0 Å². The first-order chi connectivity index (χ1) is 7.31. The van der Waals surface area contributed by atoms with E-state index < -0.39 is 0 Å². The molecule has 3 unspecified atom stereocenters. The van der Waals surface area contributed by atoms with Crippen LogP contribution in [0, 0.1) is 5.92 Å². The van der Waals surface area contributed by atoms with Crippen molar-refractivity contribution in [2.75, 3.05) is 26.3 Å². The summed E-state index contributed by atoms with van der Waals surface area (Å²) in [7, 11) is 0. The molecule has 1 heterocycles. The van der Waals surface area contributed by atoms with Crippen LogP contribution < -0.4 is 5.73 Å². The standard InChI is InChI=1S/C12H24N2O/c1-10-9-15-6-5-14(10)12-4-2-3-11(7-12)8-13/h10-12H,2-9,13H2,1H3. The first-order valence-corrected chi connectivity index (χ1v) is 6.35. The van der Waals surface area contributed by atoms with E-state index in [-0.39, 0.29) is 0 Å². The molecule has 0 spiro atoms. The van der Waals surface area contributed by atoms with E-state index in [1.54, 1.807) is 0 Å². The Labute approximate surface area is 93.0 Å². The summed E-state index contributed by atoms with van der Waals surface area (Å²) in [6.45, 7) is 6.08. The topological polar surface area (TPSA) is 38.5 Å². The largest absolute Gasteiger partial charge is 0.379 e. The maximum Gasteiger partial charge on any atom is 0.0619 e. The normalized spacial score (nSPS) is 39.2. The van der Waals surface area contributed by atoms with Crippen molar-refractivity contribution in [2.45, 2.75) is 44.7 Å². The molecule has 0 amide bonds. The van der Waals surface area contributed by atoms with E-state index in [1.807, 2.05) is 0 Å². The molecule has 3 heteroatoms. The molecular formula is C12H24N2O. The lowest BCUT2D eigenvalue weighted by atomic mass is 9.84. The van der Waals surface area contributed by atoms with Crippen molar-refractivity contribution in [1.82, 2.24) is 4.90 Å². The Bertz CT molecular complexity index is 198. The van der Waals surface area contributed by atoms with E-state index in [0.717, 1.165) is 38.3 Å². The highest BCUT2D eigenvalue weighted by atomic mass is 16.5. The molecular weight excluding hydrogens is 188 g/mol. The Morgan fingerprint density at radius 2 is 2.27 bits per heavy atom. The van der Waals surface area contributed by atoms with Crippen LogP contribution in [0.15, 0.2) is 0 Å². The van der Waals surface area contributed by atoms with Gasteiger partial charge in [-0.15, -0.1) is 0 Å². The zero-order valence-corrected chi connectivity index (χ0v) is 9.82. The predicted octanol–water partition coefficient (Wildman–Crippen LogP) is 1.22. The van der Waals surface area contributed by atoms with Gasteiger partial charge >= 0.3 is 0 Å². The number of nitrogens with two attached hydrogens (primary N) is 1. The monoisotopic (exact) mass is 212 g/mol. The van der Waals surface area contributed by atoms with E-state index in [9.17, 15) is 0 Å². The number of rotatable bonds is 2. The minimum absolute atomic E-state index is 0.597. The summed E-state index contributed by atoms with van der Waals surface area (Å²) in [5.74, 6) is 0.763. The molecule has 3 nitrogen and oxygen atoms in total. The molecule has 2 N–H and O–H groups in total. The fraction of sp³-hybridized carbons (Fsp3) is 1.00. The number of hydrogen-bond donors (Lipinski definition) is 1. The zero-order valence-electron chi connectivity index (χ0n) is 9.82. The third-order valence-corrected chi connectivity index (χ3v) is 3.98. The molecule has 0 aromatic rings. The fourth-order valence-corrected chi connectivity index (χ4v) is 3.06. The number of hydrogen-bond acceptors (Lipinski definition) is 3. The molecule has 15 heavy (non-hydrogen) atoms. The molecule has 0 aromatic heterocycles. The third-order valence-electron chi connectivity index (χ3n) is 3.98. The Kier molecular flexibility index (Phi) is 4.00. The quantitative estimate of drug-likeness (QED) is 0.748. The summed E-state index contributed by atoms with van der Waals surface area (Å²) < 4.78 is 5.49. The molecule has 2 fully saturated rings. The van der Waals surface area contributed by atoms with Crippen LogP contribution in [0.25, 0.3) is 0 Å². The molecule has 0 aromatic carbocycles. The third kappa shape index (κ3) is 2.71. The van der Waals surface area contributed by atoms with E-state index in [1.165, 1.54) is 25.7 Å². The van der Waals surface area contributed by atoms with Crippen LogP contribution in [0.2, 0.25) is 0 Å². The van der Waals surface area contributed by atoms with Crippen molar-refractivity contribution in [1.29, 1.82) is 0 Å². The van der Waals surface area contributed by atoms with Gasteiger partial charge in [0.2, 0.25) is 0 Å². The van der Waals surface area contributed by atoms with Gasteiger partial charge in [0, 0.05) is 18.6 Å². The van der Waals surface area contributed by atoms with E-state index in [4.69, 9.17) is 10.5 Å². The highest BCUT2D eigenvalue weighted by Gasteiger charge is 2.30. The van der Waals surface area contributed by atoms with Gasteiger partial charge in [-0.1, -0.05) is 6.42 Å². The first kappa shape index (κ1) is 11.4. The molecule has 0 bridgehead atoms. The summed E-state index contributed by atoms with van der Waals surface area (Å²) in [6.07, 6.45) is 5.37. The molecule has 88 valence electrons. The Morgan fingerprint density at radius 1 is 1.40 bits per heavy atom. The van der Waals surface area contributed by atoms with Gasteiger partial charge in [0.05, 0.1) is 13.2 Å². The van der Waals surface area contributed by atoms with E-state index in [0.29, 0.717) is 6.04 Å². The Balaban J connectivity index is 1.90. The van der Waals surface area contributed by atoms with Gasteiger partial charge in [-0.2, -0.15) is 0 Å². The summed E-state index contributed by atoms with van der Waals surface area (Å²) >= 11 is 0. The molecule has 0 radical (unpaired) electrons. The highest BCUT2D eigenvalue weighted by molar-refractivity contribution is 4.84. The Morgan fingerprint density at radius 3 is 3.00 bits per heavy atom. The van der Waals surface area contributed by atoms with Crippen LogP contribution in [0.1, 0.15) is 32.6 Å². The molecule has 1 aliphatic carbocycles. The van der Waals surface area contributed by atoms with Gasteiger partial charge < -0.3 is 10.5 Å². The molecule has 3 atom stereocenters. The lowest BCUT2D eigenvalue weighted by Crippen LogP contribution is -2.51. The minimum atomic E-state index is 0.597. The van der Waals surface area contributed by atoms with Crippen LogP contribution >= 0.6 is 0 Å². The maximum absolute atomic E-state index is 5.79. The fourth-order valence-electron chi connectivity index (χ4n) is 3.06. The minimum Gasteiger partial charge on any atom is -0.379 e. The highest BCUT2D eigenvalue weighted by Crippen LogP contribution is 2.28. The maximum atomic E-state index is 5.79. The summed E-state index contributed by atoms with van der Waals surface area (Å²) in [4.78, 5) is 2.64. The van der Waals surface area contributed by atoms with Crippen LogP contribution in [0.3, 0.4) is 0 Å². The van der Waals surface area contributed by atoms with Crippen molar-refractivity contribution in [2.24, 2.45) is 11.7 Å². The SMILES string of the molecule is CC1COCCN1C1CCCC(CN)C1. The predicted molar refractivity (Wildman–Crippen MR) is 61.8 cm³/mol. The number of ether oxygens (including phenoxy) is 1. The van der Waals surface area contributed by atoms with Crippen molar-refractivity contribution in [3.05, 3.63) is 0 Å². The molecule has 2 aliphatic rings. The van der Waals surface area contributed by atoms with Gasteiger partial charge in [-0.05, 0) is 38.6 Å². The summed E-state index contributed by atoms with van der Waals surface area (Å²) in [6, 6.07) is 1.37. The van der Waals surface area contributed by atoms with Gasteiger partial charge in [0.25, 0.3) is 0 Å². The number of nitrogens with zero attached hydrogens (tertiary/aromatic N) is 1. The molecule has 1 saturated heterocycles. The Hall–Kier alpha value is -0.120. The van der Waals surface area contributed by atoms with Gasteiger partial charge in [-0.3, -0.25) is 4.90 Å². The van der Waals surface area contributed by atoms with Crippen molar-refractivity contribution >= 4 is 0 Å². The van der Waals surface area contributed by atoms with Crippen LogP contribution in [0.4, 0.5) is 0 Å². The lowest BCUT2D eigenvalue weighted by Gasteiger charge is -2.42. The summed E-state index contributed by atoms with van der Waals surface area (Å²) in [5, 5.41) is 0. The second kappa shape index (κ2) is 5.28. The molecule has 2 rings (SSSR count). The van der Waals surface area contributed by atoms with E-state index in [2.05, 4.69) is 11.8 Å². The lowest BCUT2D eigenvalue weighted by molar-refractivity contribution is -0.0334. The second-order valence-corrected chi connectivity index (χ2v) is 5.08. The number of morpholine rings is 1. The first-order valence-electron chi connectivity index (χ1n) is 6.35. The van der Waals surface area contributed by atoms with Crippen molar-refractivity contribution < 1.29 is 4.74 Å². The molecule has 1 saturated carbocycles. The van der Waals surface area contributed by atoms with Crippen molar-refractivity contribution in [3.8, 4) is 0 Å². The molecule has 1 aliphatic heterocycles. The van der Waals surface area contributed by atoms with Crippen LogP contribution in [0.5, 0.6) is 0 Å². The average molecular weight is 212 g/mol. The second-order valence-electron chi connectivity index (χ2n) is 5.08. The smallest absolute Gasteiger partial charge is 0.0619 e. The van der Waals surface area contributed by atoms with Gasteiger partial charge in [-0.25, -0.2) is 0 Å². The van der Waals surface area contributed by atoms with Gasteiger partial charge in [0.1, 0.15) is 0 Å².